The third-order valence-electron chi connectivity index (χ3n) is 3.21. The molecule has 0 aromatic carbocycles. The number of hydrogen-bond donors (Lipinski definition) is 1. The maximum atomic E-state index is 9.33. The van der Waals surface area contributed by atoms with Gasteiger partial charge in [-0.2, -0.15) is 0 Å². The van der Waals surface area contributed by atoms with E-state index in [1.54, 1.807) is 0 Å². The van der Waals surface area contributed by atoms with Gasteiger partial charge in [0.25, 0.3) is 0 Å². The van der Waals surface area contributed by atoms with Crippen LogP contribution in [0.3, 0.4) is 0 Å². The molecule has 88 valence electrons. The van der Waals surface area contributed by atoms with E-state index in [1.165, 1.54) is 0 Å². The molecule has 1 saturated carbocycles. The van der Waals surface area contributed by atoms with E-state index in [4.69, 9.17) is 6.13 Å². The average Bonchev–Trinajstić information content (AvgIpc) is 2.58. The van der Waals surface area contributed by atoms with Crippen LogP contribution in [0.1, 0.15) is 12.8 Å². The van der Waals surface area contributed by atoms with Gasteiger partial charge in [0.2, 0.25) is 0 Å². The molecule has 1 rings (SSSR count). The molecule has 0 radical (unpaired) electrons. The maximum Gasteiger partial charge on any atom is 0.110 e. The molecule has 4 atom stereocenters. The molecule has 5 heteroatoms. The Morgan fingerprint density at radius 3 is 2.60 bits per heavy atom. The van der Waals surface area contributed by atoms with Crippen molar-refractivity contribution in [3.05, 3.63) is 12.7 Å². The SMILES string of the molecule is C=CC[C@H]1[C@@H](CO)C[C@@H](OI)[C@@H]1COI. The van der Waals surface area contributed by atoms with E-state index in [9.17, 15) is 5.11 Å². The second-order valence-corrected chi connectivity index (χ2v) is 5.07. The van der Waals surface area contributed by atoms with Crippen molar-refractivity contribution in [1.29, 1.82) is 0 Å². The maximum absolute atomic E-state index is 9.33. The van der Waals surface area contributed by atoms with Gasteiger partial charge in [0.15, 0.2) is 0 Å². The van der Waals surface area contributed by atoms with Gasteiger partial charge in [0, 0.05) is 12.5 Å². The third kappa shape index (κ3) is 3.52. The summed E-state index contributed by atoms with van der Waals surface area (Å²) in [5.74, 6) is 1.12. The van der Waals surface area contributed by atoms with Gasteiger partial charge in [-0.3, -0.25) is 0 Å². The van der Waals surface area contributed by atoms with E-state index in [1.807, 2.05) is 52.1 Å². The van der Waals surface area contributed by atoms with Crippen molar-refractivity contribution >= 4 is 46.0 Å². The van der Waals surface area contributed by atoms with E-state index in [-0.39, 0.29) is 12.7 Å². The van der Waals surface area contributed by atoms with Gasteiger partial charge in [-0.25, -0.2) is 0 Å². The first kappa shape index (κ1) is 14.1. The van der Waals surface area contributed by atoms with Crippen molar-refractivity contribution in [2.45, 2.75) is 18.9 Å². The summed E-state index contributed by atoms with van der Waals surface area (Å²) in [5.41, 5.74) is 0. The number of allylic oxidation sites excluding steroid dienone is 1. The third-order valence-corrected chi connectivity index (χ3v) is 4.22. The van der Waals surface area contributed by atoms with Gasteiger partial charge in [0.05, 0.1) is 12.7 Å². The lowest BCUT2D eigenvalue weighted by Gasteiger charge is -2.23. The molecule has 0 bridgehead atoms. The molecule has 0 saturated heterocycles. The van der Waals surface area contributed by atoms with Crippen LogP contribution in [-0.2, 0) is 6.13 Å². The normalized spacial score (nSPS) is 35.7. The molecular weight excluding hydrogens is 422 g/mol. The zero-order valence-corrected chi connectivity index (χ0v) is 12.8. The summed E-state index contributed by atoms with van der Waals surface area (Å²) in [6, 6.07) is 0. The van der Waals surface area contributed by atoms with Crippen molar-refractivity contribution < 1.29 is 11.2 Å². The minimum absolute atomic E-state index is 0.197. The Kier molecular flexibility index (Phi) is 6.99. The van der Waals surface area contributed by atoms with Gasteiger partial charge in [-0.05, 0) is 24.7 Å². The minimum Gasteiger partial charge on any atom is -0.396 e. The zero-order chi connectivity index (χ0) is 11.3. The number of rotatable bonds is 6. The van der Waals surface area contributed by atoms with Gasteiger partial charge in [-0.15, -0.1) is 6.58 Å². The molecule has 1 fully saturated rings. The van der Waals surface area contributed by atoms with Crippen LogP contribution >= 0.6 is 46.0 Å². The van der Waals surface area contributed by atoms with Crippen LogP contribution in [0.5, 0.6) is 0 Å². The molecule has 15 heavy (non-hydrogen) atoms. The minimum atomic E-state index is 0.197. The molecule has 0 unspecified atom stereocenters. The predicted molar refractivity (Wildman–Crippen MR) is 75.9 cm³/mol. The first-order valence-electron chi connectivity index (χ1n) is 5.01. The molecule has 0 amide bonds. The van der Waals surface area contributed by atoms with E-state index in [2.05, 4.69) is 6.58 Å². The lowest BCUT2D eigenvalue weighted by Crippen LogP contribution is -2.25. The predicted octanol–water partition coefficient (Wildman–Crippen LogP) is 2.91. The van der Waals surface area contributed by atoms with Crippen LogP contribution < -0.4 is 0 Å². The summed E-state index contributed by atoms with van der Waals surface area (Å²) in [6.45, 7) is 4.68. The molecule has 1 aliphatic rings. The fourth-order valence-electron chi connectivity index (χ4n) is 2.45. The largest absolute Gasteiger partial charge is 0.396 e. The number of hydrogen-bond acceptors (Lipinski definition) is 3. The Balaban J connectivity index is 2.69. The smallest absolute Gasteiger partial charge is 0.110 e. The molecule has 0 aromatic rings. The van der Waals surface area contributed by atoms with Crippen molar-refractivity contribution in [2.24, 2.45) is 17.8 Å². The number of aliphatic hydroxyl groups is 1. The molecule has 3 nitrogen and oxygen atoms in total. The summed E-state index contributed by atoms with van der Waals surface area (Å²) in [6.07, 6.45) is 3.96. The quantitative estimate of drug-likeness (QED) is 0.513. The highest BCUT2D eigenvalue weighted by atomic mass is 127. The lowest BCUT2D eigenvalue weighted by atomic mass is 9.87. The standard InChI is InChI=1S/C10H16I2O3/c1-2-3-8-7(5-13)4-10(15-12)9(8)6-14-11/h2,7-10,13H,1,3-6H2/t7-,8+,9-,10-/m1/s1. The molecule has 0 heterocycles. The molecule has 0 spiro atoms. The second-order valence-electron chi connectivity index (χ2n) is 3.93. The monoisotopic (exact) mass is 438 g/mol. The summed E-state index contributed by atoms with van der Waals surface area (Å²) >= 11 is 3.86. The Bertz CT molecular complexity index is 201. The van der Waals surface area contributed by atoms with Crippen molar-refractivity contribution in [2.75, 3.05) is 13.2 Å². The highest BCUT2D eigenvalue weighted by molar-refractivity contribution is 14.1. The van der Waals surface area contributed by atoms with Crippen LogP contribution in [0, 0.1) is 17.8 Å². The lowest BCUT2D eigenvalue weighted by molar-refractivity contribution is 0.143. The number of halogens is 2. The zero-order valence-electron chi connectivity index (χ0n) is 8.44. The Morgan fingerprint density at radius 1 is 1.40 bits per heavy atom. The van der Waals surface area contributed by atoms with E-state index in [0.717, 1.165) is 12.8 Å². The van der Waals surface area contributed by atoms with Gasteiger partial charge in [-0.1, -0.05) is 6.08 Å². The summed E-state index contributed by atoms with van der Waals surface area (Å²) in [5, 5.41) is 9.33. The van der Waals surface area contributed by atoms with Gasteiger partial charge < -0.3 is 11.2 Å². The fourth-order valence-corrected chi connectivity index (χ4v) is 3.45. The second kappa shape index (κ2) is 7.41. The van der Waals surface area contributed by atoms with Crippen LogP contribution in [0.25, 0.3) is 0 Å². The molecular formula is C10H16I2O3. The highest BCUT2D eigenvalue weighted by Crippen LogP contribution is 2.42. The molecule has 1 N–H and O–H groups in total. The van der Waals surface area contributed by atoms with Crippen molar-refractivity contribution in [3.63, 3.8) is 0 Å². The fraction of sp³-hybridized carbons (Fsp3) is 0.800. The van der Waals surface area contributed by atoms with Gasteiger partial charge >= 0.3 is 0 Å². The van der Waals surface area contributed by atoms with Crippen LogP contribution in [-0.4, -0.2) is 24.4 Å². The number of aliphatic hydroxyl groups excluding tert-OH is 1. The van der Waals surface area contributed by atoms with Crippen LogP contribution in [0.15, 0.2) is 12.7 Å². The first-order valence-corrected chi connectivity index (χ1v) is 6.77. The van der Waals surface area contributed by atoms with E-state index >= 15 is 0 Å². The summed E-state index contributed by atoms with van der Waals surface area (Å²) < 4.78 is 10.6. The van der Waals surface area contributed by atoms with E-state index < -0.39 is 0 Å². The molecule has 0 aliphatic heterocycles. The van der Waals surface area contributed by atoms with Crippen LogP contribution in [0.2, 0.25) is 0 Å². The Hall–Kier alpha value is 1.08. The van der Waals surface area contributed by atoms with Crippen LogP contribution in [0.4, 0.5) is 0 Å². The van der Waals surface area contributed by atoms with Crippen molar-refractivity contribution in [3.8, 4) is 0 Å². The first-order chi connectivity index (χ1) is 7.28. The molecule has 0 aromatic heterocycles. The van der Waals surface area contributed by atoms with Crippen molar-refractivity contribution in [1.82, 2.24) is 0 Å². The average molecular weight is 438 g/mol. The van der Waals surface area contributed by atoms with Gasteiger partial charge in [0.1, 0.15) is 46.0 Å². The summed E-state index contributed by atoms with van der Waals surface area (Å²) in [4.78, 5) is 0. The Morgan fingerprint density at radius 2 is 2.13 bits per heavy atom. The highest BCUT2D eigenvalue weighted by Gasteiger charge is 2.42. The molecule has 1 aliphatic carbocycles. The summed E-state index contributed by atoms with van der Waals surface area (Å²) in [7, 11) is 0. The Labute approximate surface area is 119 Å². The van der Waals surface area contributed by atoms with E-state index in [0.29, 0.717) is 24.4 Å². The topological polar surface area (TPSA) is 38.7 Å².